The summed E-state index contributed by atoms with van der Waals surface area (Å²) in [5.74, 6) is 0. The van der Waals surface area contributed by atoms with E-state index >= 15 is 0 Å². The van der Waals surface area contributed by atoms with Crippen molar-refractivity contribution in [3.05, 3.63) is 58.6 Å². The van der Waals surface area contributed by atoms with E-state index in [0.29, 0.717) is 10.1 Å². The van der Waals surface area contributed by atoms with Crippen LogP contribution in [0.4, 0.5) is 11.4 Å². The first-order valence-corrected chi connectivity index (χ1v) is 8.10. The van der Waals surface area contributed by atoms with Crippen LogP contribution in [0.25, 0.3) is 0 Å². The van der Waals surface area contributed by atoms with Crippen molar-refractivity contribution in [1.29, 1.82) is 0 Å². The summed E-state index contributed by atoms with van der Waals surface area (Å²) in [7, 11) is 0. The highest BCUT2D eigenvalue weighted by Gasteiger charge is 2.17. The molecule has 2 aromatic rings. The molecule has 0 radical (unpaired) electrons. The molecule has 2 nitrogen and oxygen atoms in total. The van der Waals surface area contributed by atoms with Crippen LogP contribution in [0.3, 0.4) is 0 Å². The van der Waals surface area contributed by atoms with Gasteiger partial charge in [-0.05, 0) is 69.2 Å². The largest absolute Gasteiger partial charge is 0.331 e. The van der Waals surface area contributed by atoms with E-state index in [-0.39, 0.29) is 6.04 Å². The SMILES string of the molecule is Cc1cc(C)c(NC(=S)N(c2ccccc2)C(C)C)c(Cl)c1. The maximum absolute atomic E-state index is 6.37. The highest BCUT2D eigenvalue weighted by Crippen LogP contribution is 2.28. The summed E-state index contributed by atoms with van der Waals surface area (Å²) < 4.78 is 0. The summed E-state index contributed by atoms with van der Waals surface area (Å²) in [6.45, 7) is 8.30. The van der Waals surface area contributed by atoms with Gasteiger partial charge in [0.15, 0.2) is 5.11 Å². The molecule has 2 rings (SSSR count). The van der Waals surface area contributed by atoms with Crippen LogP contribution in [0.5, 0.6) is 0 Å². The van der Waals surface area contributed by atoms with Gasteiger partial charge in [-0.15, -0.1) is 0 Å². The number of hydrogen-bond acceptors (Lipinski definition) is 1. The molecule has 0 aromatic heterocycles. The molecule has 0 atom stereocenters. The fraction of sp³-hybridized carbons (Fsp3) is 0.278. The molecule has 0 bridgehead atoms. The number of hydrogen-bond donors (Lipinski definition) is 1. The number of para-hydroxylation sites is 1. The van der Waals surface area contributed by atoms with Gasteiger partial charge < -0.3 is 10.2 Å². The summed E-state index contributed by atoms with van der Waals surface area (Å²) >= 11 is 12.0. The summed E-state index contributed by atoms with van der Waals surface area (Å²) in [5, 5.41) is 4.65. The van der Waals surface area contributed by atoms with E-state index in [2.05, 4.69) is 42.3 Å². The molecule has 0 amide bonds. The Bertz CT molecular complexity index is 645. The molecule has 0 spiro atoms. The van der Waals surface area contributed by atoms with Crippen LogP contribution in [0.15, 0.2) is 42.5 Å². The lowest BCUT2D eigenvalue weighted by Crippen LogP contribution is -2.40. The second-order valence-electron chi connectivity index (χ2n) is 5.67. The van der Waals surface area contributed by atoms with Gasteiger partial charge in [0.1, 0.15) is 0 Å². The molecule has 2 aromatic carbocycles. The summed E-state index contributed by atoms with van der Waals surface area (Å²) in [6.07, 6.45) is 0. The van der Waals surface area contributed by atoms with Gasteiger partial charge in [0.25, 0.3) is 0 Å². The minimum atomic E-state index is 0.243. The Morgan fingerprint density at radius 1 is 1.14 bits per heavy atom. The highest BCUT2D eigenvalue weighted by atomic mass is 35.5. The normalized spacial score (nSPS) is 10.6. The molecule has 0 saturated heterocycles. The lowest BCUT2D eigenvalue weighted by atomic mass is 10.1. The third kappa shape index (κ3) is 3.79. The molecule has 4 heteroatoms. The van der Waals surface area contributed by atoms with Gasteiger partial charge in [-0.3, -0.25) is 0 Å². The van der Waals surface area contributed by atoms with Gasteiger partial charge in [0, 0.05) is 11.7 Å². The Hall–Kier alpha value is -1.58. The highest BCUT2D eigenvalue weighted by molar-refractivity contribution is 7.80. The maximum atomic E-state index is 6.37. The molecular formula is C18H21ClN2S. The Balaban J connectivity index is 2.30. The molecule has 0 aliphatic heterocycles. The van der Waals surface area contributed by atoms with E-state index in [1.54, 1.807) is 0 Å². The number of thiocarbonyl (C=S) groups is 1. The standard InChI is InChI=1S/C18H21ClN2S/c1-12(2)21(15-8-6-5-7-9-15)18(22)20-17-14(4)10-13(3)11-16(17)19/h5-12H,1-4H3,(H,20,22). The van der Waals surface area contributed by atoms with Crippen LogP contribution in [0.1, 0.15) is 25.0 Å². The van der Waals surface area contributed by atoms with E-state index in [0.717, 1.165) is 22.5 Å². The van der Waals surface area contributed by atoms with Crippen molar-refractivity contribution in [2.45, 2.75) is 33.7 Å². The molecule has 1 N–H and O–H groups in total. The molecular weight excluding hydrogens is 312 g/mol. The Morgan fingerprint density at radius 3 is 2.32 bits per heavy atom. The third-order valence-corrected chi connectivity index (χ3v) is 4.03. The van der Waals surface area contributed by atoms with Crippen LogP contribution in [0, 0.1) is 13.8 Å². The summed E-state index contributed by atoms with van der Waals surface area (Å²) in [5.41, 5.74) is 4.17. The first-order chi connectivity index (χ1) is 10.4. The molecule has 0 heterocycles. The molecule has 0 aliphatic rings. The number of aryl methyl sites for hydroxylation is 2. The van der Waals surface area contributed by atoms with Gasteiger partial charge in [0.2, 0.25) is 0 Å². The lowest BCUT2D eigenvalue weighted by molar-refractivity contribution is 0.811. The first kappa shape index (κ1) is 16.8. The predicted molar refractivity (Wildman–Crippen MR) is 101 cm³/mol. The third-order valence-electron chi connectivity index (χ3n) is 3.43. The second kappa shape index (κ2) is 7.12. The number of halogens is 1. The number of nitrogens with zero attached hydrogens (tertiary/aromatic N) is 1. The Labute approximate surface area is 143 Å². The topological polar surface area (TPSA) is 15.3 Å². The molecule has 0 saturated carbocycles. The van der Waals surface area contributed by atoms with Crippen LogP contribution in [-0.2, 0) is 0 Å². The number of rotatable bonds is 3. The average molecular weight is 333 g/mol. The minimum Gasteiger partial charge on any atom is -0.331 e. The smallest absolute Gasteiger partial charge is 0.178 e. The van der Waals surface area contributed by atoms with Crippen LogP contribution < -0.4 is 10.2 Å². The van der Waals surface area contributed by atoms with Crippen molar-refractivity contribution in [2.75, 3.05) is 10.2 Å². The van der Waals surface area contributed by atoms with Gasteiger partial charge in [-0.2, -0.15) is 0 Å². The van der Waals surface area contributed by atoms with Crippen LogP contribution in [0.2, 0.25) is 5.02 Å². The summed E-state index contributed by atoms with van der Waals surface area (Å²) in [6, 6.07) is 14.4. The number of benzene rings is 2. The van der Waals surface area contributed by atoms with Gasteiger partial charge >= 0.3 is 0 Å². The van der Waals surface area contributed by atoms with E-state index < -0.39 is 0 Å². The van der Waals surface area contributed by atoms with Crippen molar-refractivity contribution < 1.29 is 0 Å². The van der Waals surface area contributed by atoms with Crippen LogP contribution in [-0.4, -0.2) is 11.2 Å². The van der Waals surface area contributed by atoms with Gasteiger partial charge in [-0.25, -0.2) is 0 Å². The van der Waals surface area contributed by atoms with Crippen LogP contribution >= 0.6 is 23.8 Å². The summed E-state index contributed by atoms with van der Waals surface area (Å²) in [4.78, 5) is 2.09. The fourth-order valence-corrected chi connectivity index (χ4v) is 3.27. The fourth-order valence-electron chi connectivity index (χ4n) is 2.48. The van der Waals surface area contributed by atoms with E-state index in [9.17, 15) is 0 Å². The monoisotopic (exact) mass is 332 g/mol. The van der Waals surface area contributed by atoms with Crippen molar-refractivity contribution >= 4 is 40.3 Å². The van der Waals surface area contributed by atoms with Gasteiger partial charge in [0.05, 0.1) is 10.7 Å². The Kier molecular flexibility index (Phi) is 5.43. The molecule has 0 aliphatic carbocycles. The van der Waals surface area contributed by atoms with Crippen molar-refractivity contribution in [3.8, 4) is 0 Å². The molecule has 116 valence electrons. The number of nitrogens with one attached hydrogen (secondary N) is 1. The zero-order chi connectivity index (χ0) is 16.3. The van der Waals surface area contributed by atoms with E-state index in [1.807, 2.05) is 38.1 Å². The minimum absolute atomic E-state index is 0.243. The quantitative estimate of drug-likeness (QED) is 0.740. The number of anilines is 2. The maximum Gasteiger partial charge on any atom is 0.178 e. The predicted octanol–water partition coefficient (Wildman–Crippen LogP) is 5.57. The Morgan fingerprint density at radius 2 is 1.77 bits per heavy atom. The van der Waals surface area contributed by atoms with E-state index in [1.165, 1.54) is 0 Å². The van der Waals surface area contributed by atoms with Crippen molar-refractivity contribution in [3.63, 3.8) is 0 Å². The molecule has 22 heavy (non-hydrogen) atoms. The second-order valence-corrected chi connectivity index (χ2v) is 6.46. The molecule has 0 fully saturated rings. The zero-order valence-corrected chi connectivity index (χ0v) is 14.9. The average Bonchev–Trinajstić information content (AvgIpc) is 2.43. The van der Waals surface area contributed by atoms with E-state index in [4.69, 9.17) is 23.8 Å². The first-order valence-electron chi connectivity index (χ1n) is 7.32. The van der Waals surface area contributed by atoms with Gasteiger partial charge in [-0.1, -0.05) is 35.9 Å². The zero-order valence-electron chi connectivity index (χ0n) is 13.4. The van der Waals surface area contributed by atoms with Crippen molar-refractivity contribution in [2.24, 2.45) is 0 Å². The molecule has 0 unspecified atom stereocenters. The lowest BCUT2D eigenvalue weighted by Gasteiger charge is -2.30. The van der Waals surface area contributed by atoms with Crippen molar-refractivity contribution in [1.82, 2.24) is 0 Å².